The Bertz CT molecular complexity index is 823. The van der Waals surface area contributed by atoms with E-state index in [9.17, 15) is 8.42 Å². The van der Waals surface area contributed by atoms with E-state index in [1.165, 1.54) is 4.68 Å². The van der Waals surface area contributed by atoms with E-state index in [-0.39, 0.29) is 16.8 Å². The van der Waals surface area contributed by atoms with Crippen LogP contribution in [0.2, 0.25) is 0 Å². The summed E-state index contributed by atoms with van der Waals surface area (Å²) >= 11 is 0. The number of rotatable bonds is 7. The first-order valence-electron chi connectivity index (χ1n) is 7.80. The number of allylic oxidation sites excluding steroid dienone is 4. The first-order valence-corrected chi connectivity index (χ1v) is 9.46. The van der Waals surface area contributed by atoms with Gasteiger partial charge in [0.15, 0.2) is 0 Å². The van der Waals surface area contributed by atoms with Crippen LogP contribution in [0.3, 0.4) is 0 Å². The molecule has 0 aliphatic heterocycles. The molecule has 0 radical (unpaired) electrons. The van der Waals surface area contributed by atoms with Crippen LogP contribution in [0.1, 0.15) is 27.2 Å². The zero-order valence-corrected chi connectivity index (χ0v) is 14.9. The van der Waals surface area contributed by atoms with E-state index in [1.807, 2.05) is 38.1 Å². The summed E-state index contributed by atoms with van der Waals surface area (Å²) in [4.78, 5) is 0. The predicted molar refractivity (Wildman–Crippen MR) is 93.6 cm³/mol. The highest BCUT2D eigenvalue weighted by atomic mass is 32.2. The lowest BCUT2D eigenvalue weighted by Gasteiger charge is -2.07. The number of para-hydroxylation sites is 1. The van der Waals surface area contributed by atoms with Gasteiger partial charge in [-0.2, -0.15) is 4.68 Å². The van der Waals surface area contributed by atoms with Gasteiger partial charge < -0.3 is 0 Å². The average Bonchev–Trinajstić information content (AvgIpc) is 3.05. The fourth-order valence-electron chi connectivity index (χ4n) is 2.38. The molecule has 1 atom stereocenters. The normalized spacial score (nSPS) is 14.2. The molecule has 0 saturated heterocycles. The summed E-state index contributed by atoms with van der Waals surface area (Å²) in [6.07, 6.45) is 6.56. The van der Waals surface area contributed by atoms with Crippen molar-refractivity contribution < 1.29 is 8.42 Å². The number of nitrogens with zero attached hydrogens (tertiary/aromatic N) is 4. The van der Waals surface area contributed by atoms with E-state index in [1.54, 1.807) is 12.1 Å². The molecule has 0 aliphatic carbocycles. The van der Waals surface area contributed by atoms with Crippen LogP contribution >= 0.6 is 0 Å². The Labute approximate surface area is 142 Å². The van der Waals surface area contributed by atoms with Gasteiger partial charge >= 0.3 is 0 Å². The highest BCUT2D eigenvalue weighted by Crippen LogP contribution is 2.16. The molecule has 0 N–H and O–H groups in total. The third-order valence-electron chi connectivity index (χ3n) is 3.53. The van der Waals surface area contributed by atoms with Crippen molar-refractivity contribution in [3.63, 3.8) is 0 Å². The van der Waals surface area contributed by atoms with Crippen molar-refractivity contribution in [3.05, 3.63) is 54.1 Å². The summed E-state index contributed by atoms with van der Waals surface area (Å²) in [5.41, 5.74) is 1.65. The molecule has 0 aliphatic rings. The van der Waals surface area contributed by atoms with Gasteiger partial charge in [0, 0.05) is 0 Å². The van der Waals surface area contributed by atoms with Gasteiger partial charge in [-0.1, -0.05) is 54.0 Å². The smallest absolute Gasteiger partial charge is 0.220 e. The van der Waals surface area contributed by atoms with Crippen LogP contribution < -0.4 is 0 Å². The van der Waals surface area contributed by atoms with E-state index < -0.39 is 9.84 Å². The Morgan fingerprint density at radius 2 is 2.00 bits per heavy atom. The molecule has 0 amide bonds. The molecular weight excluding hydrogens is 324 g/mol. The summed E-state index contributed by atoms with van der Waals surface area (Å²) < 4.78 is 26.5. The molecule has 0 bridgehead atoms. The molecule has 6 nitrogen and oxygen atoms in total. The number of sulfone groups is 1. The predicted octanol–water partition coefficient (Wildman–Crippen LogP) is 2.98. The summed E-state index contributed by atoms with van der Waals surface area (Å²) in [6.45, 7) is 5.97. The minimum absolute atomic E-state index is 0.0227. The molecule has 0 saturated carbocycles. The summed E-state index contributed by atoms with van der Waals surface area (Å²) in [6, 6.07) is 8.99. The van der Waals surface area contributed by atoms with Crippen molar-refractivity contribution in [3.8, 4) is 5.69 Å². The number of aromatic nitrogens is 4. The fourth-order valence-corrected chi connectivity index (χ4v) is 3.72. The number of benzene rings is 1. The van der Waals surface area contributed by atoms with Crippen LogP contribution in [0.15, 0.2) is 59.3 Å². The van der Waals surface area contributed by atoms with Gasteiger partial charge in [-0.3, -0.25) is 0 Å². The molecule has 0 unspecified atom stereocenters. The Morgan fingerprint density at radius 1 is 1.29 bits per heavy atom. The second-order valence-electron chi connectivity index (χ2n) is 5.68. The molecule has 24 heavy (non-hydrogen) atoms. The van der Waals surface area contributed by atoms with E-state index >= 15 is 0 Å². The van der Waals surface area contributed by atoms with Crippen LogP contribution in [-0.2, 0) is 9.84 Å². The van der Waals surface area contributed by atoms with Crippen LogP contribution in [0, 0.1) is 5.92 Å². The molecule has 0 spiro atoms. The standard InChI is InChI=1S/C17H22N4O2S/c1-4-8-14(2)13-15(3)11-12-24(22,23)17-18-19-20-21(17)16-9-6-5-7-10-16/h4-10,13-14H,11-12H2,1-3H3/b8-4+,15-13+/t14-/m0/s1. The van der Waals surface area contributed by atoms with E-state index in [0.29, 0.717) is 12.1 Å². The van der Waals surface area contributed by atoms with Crippen LogP contribution in [0.5, 0.6) is 0 Å². The van der Waals surface area contributed by atoms with Crippen molar-refractivity contribution >= 4 is 9.84 Å². The van der Waals surface area contributed by atoms with Crippen LogP contribution in [-0.4, -0.2) is 34.4 Å². The molecule has 1 aromatic carbocycles. The highest BCUT2D eigenvalue weighted by molar-refractivity contribution is 7.91. The zero-order chi connectivity index (χ0) is 17.6. The van der Waals surface area contributed by atoms with E-state index in [0.717, 1.165) is 5.57 Å². The van der Waals surface area contributed by atoms with Crippen LogP contribution in [0.25, 0.3) is 5.69 Å². The van der Waals surface area contributed by atoms with Crippen LogP contribution in [0.4, 0.5) is 0 Å². The largest absolute Gasteiger partial charge is 0.272 e. The molecule has 0 fully saturated rings. The SMILES string of the molecule is C/C=C/[C@H](C)/C=C(\C)CCS(=O)(=O)c1nnnn1-c1ccccc1. The van der Waals surface area contributed by atoms with Crippen molar-refractivity contribution in [1.82, 2.24) is 20.2 Å². The van der Waals surface area contributed by atoms with Crippen molar-refractivity contribution in [2.75, 3.05) is 5.75 Å². The number of tetrazole rings is 1. The molecule has 128 valence electrons. The number of hydrogen-bond donors (Lipinski definition) is 0. The average molecular weight is 346 g/mol. The Kier molecular flexibility index (Phi) is 6.03. The Hall–Kier alpha value is -2.28. The molecule has 7 heteroatoms. The molecule has 1 aromatic heterocycles. The topological polar surface area (TPSA) is 77.7 Å². The minimum Gasteiger partial charge on any atom is -0.220 e. The van der Waals surface area contributed by atoms with Crippen molar-refractivity contribution in [2.45, 2.75) is 32.3 Å². The molecule has 1 heterocycles. The first kappa shape index (κ1) is 18.1. The van der Waals surface area contributed by atoms with Crippen molar-refractivity contribution in [2.24, 2.45) is 5.92 Å². The minimum atomic E-state index is -3.57. The van der Waals surface area contributed by atoms with Crippen molar-refractivity contribution in [1.29, 1.82) is 0 Å². The zero-order valence-electron chi connectivity index (χ0n) is 14.1. The Balaban J connectivity index is 2.17. The molecular formula is C17H22N4O2S. The van der Waals surface area contributed by atoms with Gasteiger partial charge in [-0.15, -0.1) is 0 Å². The summed E-state index contributed by atoms with van der Waals surface area (Å²) in [5, 5.41) is 10.9. The number of hydrogen-bond acceptors (Lipinski definition) is 5. The monoisotopic (exact) mass is 346 g/mol. The quantitative estimate of drug-likeness (QED) is 0.720. The highest BCUT2D eigenvalue weighted by Gasteiger charge is 2.23. The van der Waals surface area contributed by atoms with Gasteiger partial charge in [0.05, 0.1) is 11.4 Å². The first-order chi connectivity index (χ1) is 11.4. The lowest BCUT2D eigenvalue weighted by atomic mass is 10.1. The van der Waals surface area contributed by atoms with E-state index in [4.69, 9.17) is 0 Å². The maximum absolute atomic E-state index is 12.6. The van der Waals surface area contributed by atoms with Gasteiger partial charge in [0.2, 0.25) is 9.84 Å². The molecule has 2 rings (SSSR count). The van der Waals surface area contributed by atoms with Gasteiger partial charge in [0.25, 0.3) is 5.16 Å². The van der Waals surface area contributed by atoms with Gasteiger partial charge in [0.1, 0.15) is 0 Å². The third-order valence-corrected chi connectivity index (χ3v) is 5.08. The Morgan fingerprint density at radius 3 is 2.67 bits per heavy atom. The fraction of sp³-hybridized carbons (Fsp3) is 0.353. The maximum Gasteiger partial charge on any atom is 0.272 e. The maximum atomic E-state index is 12.6. The van der Waals surface area contributed by atoms with Gasteiger partial charge in [-0.25, -0.2) is 8.42 Å². The third kappa shape index (κ3) is 4.61. The summed E-state index contributed by atoms with van der Waals surface area (Å²) in [7, 11) is -3.57. The molecule has 2 aromatic rings. The lowest BCUT2D eigenvalue weighted by Crippen LogP contribution is -2.14. The second-order valence-corrected chi connectivity index (χ2v) is 7.68. The summed E-state index contributed by atoms with van der Waals surface area (Å²) in [5.74, 6) is 0.262. The second kappa shape index (κ2) is 8.01. The van der Waals surface area contributed by atoms with E-state index in [2.05, 4.69) is 34.6 Å². The lowest BCUT2D eigenvalue weighted by molar-refractivity contribution is 0.579. The van der Waals surface area contributed by atoms with Gasteiger partial charge in [-0.05, 0) is 48.7 Å².